The Kier molecular flexibility index (Phi) is 2.54. The summed E-state index contributed by atoms with van der Waals surface area (Å²) < 4.78 is 0. The Hall–Kier alpha value is -0.530. The molecular formula is C12H16ClN. The number of benzene rings is 1. The fraction of sp³-hybridized carbons (Fsp3) is 0.500. The van der Waals surface area contributed by atoms with E-state index in [2.05, 4.69) is 31.3 Å². The van der Waals surface area contributed by atoms with E-state index in [1.54, 1.807) is 0 Å². The highest BCUT2D eigenvalue weighted by Gasteiger charge is 2.34. The number of hydrogen-bond donors (Lipinski definition) is 1. The van der Waals surface area contributed by atoms with Crippen LogP contribution in [0.1, 0.15) is 31.7 Å². The summed E-state index contributed by atoms with van der Waals surface area (Å²) in [4.78, 5) is 0. The molecule has 0 amide bonds. The van der Waals surface area contributed by atoms with Gasteiger partial charge in [0.15, 0.2) is 0 Å². The van der Waals surface area contributed by atoms with Crippen molar-refractivity contribution in [1.82, 2.24) is 5.32 Å². The van der Waals surface area contributed by atoms with Crippen LogP contribution in [0, 0.1) is 0 Å². The SMILES string of the molecule is CC1(C)NCCC1c1cccc(Cl)c1. The number of hydrogen-bond acceptors (Lipinski definition) is 1. The maximum Gasteiger partial charge on any atom is 0.0408 e. The van der Waals surface area contributed by atoms with Crippen LogP contribution in [0.2, 0.25) is 5.02 Å². The van der Waals surface area contributed by atoms with Crippen LogP contribution in [0.3, 0.4) is 0 Å². The monoisotopic (exact) mass is 209 g/mol. The smallest absolute Gasteiger partial charge is 0.0408 e. The number of rotatable bonds is 1. The van der Waals surface area contributed by atoms with Crippen LogP contribution < -0.4 is 5.32 Å². The molecule has 1 nitrogen and oxygen atoms in total. The van der Waals surface area contributed by atoms with Gasteiger partial charge in [0.05, 0.1) is 0 Å². The molecule has 2 heteroatoms. The minimum Gasteiger partial charge on any atom is -0.311 e. The Morgan fingerprint density at radius 3 is 2.79 bits per heavy atom. The molecule has 76 valence electrons. The molecule has 14 heavy (non-hydrogen) atoms. The first-order chi connectivity index (χ1) is 6.59. The highest BCUT2D eigenvalue weighted by atomic mass is 35.5. The Bertz CT molecular complexity index is 333. The molecular weight excluding hydrogens is 194 g/mol. The second-order valence-corrected chi connectivity index (χ2v) is 4.98. The van der Waals surface area contributed by atoms with Crippen LogP contribution in [-0.4, -0.2) is 12.1 Å². The van der Waals surface area contributed by atoms with E-state index in [9.17, 15) is 0 Å². The summed E-state index contributed by atoms with van der Waals surface area (Å²) >= 11 is 6.00. The molecule has 1 N–H and O–H groups in total. The summed E-state index contributed by atoms with van der Waals surface area (Å²) in [5.74, 6) is 0.584. The first-order valence-corrected chi connectivity index (χ1v) is 5.48. The second kappa shape index (κ2) is 3.56. The maximum absolute atomic E-state index is 6.00. The van der Waals surface area contributed by atoms with E-state index >= 15 is 0 Å². The van der Waals surface area contributed by atoms with Gasteiger partial charge in [0.1, 0.15) is 0 Å². The fourth-order valence-corrected chi connectivity index (χ4v) is 2.53. The third-order valence-corrected chi connectivity index (χ3v) is 3.37. The summed E-state index contributed by atoms with van der Waals surface area (Å²) in [6, 6.07) is 8.22. The molecule has 1 atom stereocenters. The van der Waals surface area contributed by atoms with Gasteiger partial charge < -0.3 is 5.32 Å². The van der Waals surface area contributed by atoms with Gasteiger partial charge in [0.25, 0.3) is 0 Å². The molecule has 1 fully saturated rings. The van der Waals surface area contributed by atoms with Gasteiger partial charge in [-0.15, -0.1) is 0 Å². The topological polar surface area (TPSA) is 12.0 Å². The zero-order valence-electron chi connectivity index (χ0n) is 8.68. The molecule has 1 aromatic carbocycles. The lowest BCUT2D eigenvalue weighted by atomic mass is 9.83. The van der Waals surface area contributed by atoms with Crippen LogP contribution in [0.15, 0.2) is 24.3 Å². The van der Waals surface area contributed by atoms with Gasteiger partial charge in [-0.3, -0.25) is 0 Å². The average molecular weight is 210 g/mol. The van der Waals surface area contributed by atoms with Crippen molar-refractivity contribution >= 4 is 11.6 Å². The van der Waals surface area contributed by atoms with E-state index in [0.29, 0.717) is 5.92 Å². The van der Waals surface area contributed by atoms with Gasteiger partial charge in [0.2, 0.25) is 0 Å². The lowest BCUT2D eigenvalue weighted by molar-refractivity contribution is 0.411. The Labute approximate surface area is 90.5 Å². The van der Waals surface area contributed by atoms with Gasteiger partial charge in [-0.05, 0) is 44.5 Å². The average Bonchev–Trinajstić information content (AvgIpc) is 2.45. The van der Waals surface area contributed by atoms with Crippen molar-refractivity contribution in [2.45, 2.75) is 31.7 Å². The second-order valence-electron chi connectivity index (χ2n) is 4.54. The molecule has 0 aliphatic carbocycles. The molecule has 1 aliphatic rings. The number of halogens is 1. The highest BCUT2D eigenvalue weighted by Crippen LogP contribution is 2.35. The summed E-state index contributed by atoms with van der Waals surface area (Å²) in [5, 5.41) is 4.36. The van der Waals surface area contributed by atoms with Crippen LogP contribution in [0.4, 0.5) is 0 Å². The zero-order chi connectivity index (χ0) is 10.2. The minimum atomic E-state index is 0.199. The third-order valence-electron chi connectivity index (χ3n) is 3.14. The van der Waals surface area contributed by atoms with Gasteiger partial charge >= 0.3 is 0 Å². The molecule has 0 bridgehead atoms. The van der Waals surface area contributed by atoms with Crippen molar-refractivity contribution < 1.29 is 0 Å². The maximum atomic E-state index is 6.00. The van der Waals surface area contributed by atoms with Crippen molar-refractivity contribution in [3.8, 4) is 0 Å². The summed E-state index contributed by atoms with van der Waals surface area (Å²) in [6.07, 6.45) is 1.20. The summed E-state index contributed by atoms with van der Waals surface area (Å²) in [7, 11) is 0. The first kappa shape index (κ1) is 10.0. The molecule has 0 spiro atoms. The Morgan fingerprint density at radius 1 is 1.43 bits per heavy atom. The van der Waals surface area contributed by atoms with E-state index < -0.39 is 0 Å². The van der Waals surface area contributed by atoms with Crippen LogP contribution in [0.5, 0.6) is 0 Å². The zero-order valence-corrected chi connectivity index (χ0v) is 9.43. The molecule has 0 radical (unpaired) electrons. The minimum absolute atomic E-state index is 0.199. The van der Waals surface area contributed by atoms with Crippen molar-refractivity contribution in [3.05, 3.63) is 34.9 Å². The number of nitrogens with one attached hydrogen (secondary N) is 1. The van der Waals surface area contributed by atoms with Crippen LogP contribution >= 0.6 is 11.6 Å². The van der Waals surface area contributed by atoms with Gasteiger partial charge in [-0.2, -0.15) is 0 Å². The molecule has 2 rings (SSSR count). The summed E-state index contributed by atoms with van der Waals surface area (Å²) in [6.45, 7) is 5.61. The van der Waals surface area contributed by atoms with Crippen molar-refractivity contribution in [2.24, 2.45) is 0 Å². The molecule has 0 aromatic heterocycles. The summed E-state index contributed by atoms with van der Waals surface area (Å²) in [5.41, 5.74) is 1.55. The van der Waals surface area contributed by atoms with Crippen molar-refractivity contribution in [3.63, 3.8) is 0 Å². The molecule has 1 saturated heterocycles. The Balaban J connectivity index is 2.31. The largest absolute Gasteiger partial charge is 0.311 e. The van der Waals surface area contributed by atoms with Gasteiger partial charge in [-0.1, -0.05) is 23.7 Å². The van der Waals surface area contributed by atoms with Crippen molar-refractivity contribution in [2.75, 3.05) is 6.54 Å². The lowest BCUT2D eigenvalue weighted by Crippen LogP contribution is -2.36. The van der Waals surface area contributed by atoms with E-state index in [1.165, 1.54) is 12.0 Å². The van der Waals surface area contributed by atoms with Gasteiger partial charge in [-0.25, -0.2) is 0 Å². The third kappa shape index (κ3) is 1.79. The van der Waals surface area contributed by atoms with E-state index in [4.69, 9.17) is 11.6 Å². The molecule has 0 saturated carbocycles. The predicted octanol–water partition coefficient (Wildman–Crippen LogP) is 3.20. The predicted molar refractivity (Wildman–Crippen MR) is 60.9 cm³/mol. The van der Waals surface area contributed by atoms with Crippen LogP contribution in [0.25, 0.3) is 0 Å². The van der Waals surface area contributed by atoms with Crippen molar-refractivity contribution in [1.29, 1.82) is 0 Å². The molecule has 1 heterocycles. The molecule has 1 unspecified atom stereocenters. The lowest BCUT2D eigenvalue weighted by Gasteiger charge is -2.27. The van der Waals surface area contributed by atoms with Crippen LogP contribution in [-0.2, 0) is 0 Å². The standard InChI is InChI=1S/C12H16ClN/c1-12(2)11(6-7-14-12)9-4-3-5-10(13)8-9/h3-5,8,11,14H,6-7H2,1-2H3. The van der Waals surface area contributed by atoms with E-state index in [-0.39, 0.29) is 5.54 Å². The van der Waals surface area contributed by atoms with Gasteiger partial charge in [0, 0.05) is 16.5 Å². The Morgan fingerprint density at radius 2 is 2.21 bits per heavy atom. The highest BCUT2D eigenvalue weighted by molar-refractivity contribution is 6.30. The van der Waals surface area contributed by atoms with E-state index in [1.807, 2.05) is 12.1 Å². The molecule has 1 aliphatic heterocycles. The molecule has 1 aromatic rings. The fourth-order valence-electron chi connectivity index (χ4n) is 2.33. The van der Waals surface area contributed by atoms with E-state index in [0.717, 1.165) is 11.6 Å². The quantitative estimate of drug-likeness (QED) is 0.749. The normalized spacial score (nSPS) is 25.2. The first-order valence-electron chi connectivity index (χ1n) is 5.10.